The zero-order chi connectivity index (χ0) is 13.5. The van der Waals surface area contributed by atoms with Gasteiger partial charge in [-0.05, 0) is 30.2 Å². The summed E-state index contributed by atoms with van der Waals surface area (Å²) in [6.45, 7) is 4.45. The number of rotatable bonds is 2. The van der Waals surface area contributed by atoms with E-state index in [2.05, 4.69) is 16.7 Å². The molecule has 0 unspecified atom stereocenters. The van der Waals surface area contributed by atoms with E-state index in [1.165, 1.54) is 6.07 Å². The molecule has 3 nitrogen and oxygen atoms in total. The molecule has 2 N–H and O–H groups in total. The smallest absolute Gasteiger partial charge is 0.124 e. The van der Waals surface area contributed by atoms with E-state index in [-0.39, 0.29) is 12.4 Å². The van der Waals surface area contributed by atoms with Crippen molar-refractivity contribution in [2.75, 3.05) is 32.8 Å². The Bertz CT molecular complexity index is 471. The average molecular weight is 262 g/mol. The Morgan fingerprint density at radius 3 is 3.00 bits per heavy atom. The number of ether oxygens (including phenoxy) is 1. The predicted octanol–water partition coefficient (Wildman–Crippen LogP) is 1.36. The van der Waals surface area contributed by atoms with E-state index in [0.29, 0.717) is 5.56 Å². The van der Waals surface area contributed by atoms with Crippen molar-refractivity contribution in [1.82, 2.24) is 4.90 Å². The van der Waals surface area contributed by atoms with E-state index >= 15 is 0 Å². The molecule has 0 radical (unpaired) electrons. The number of nitrogens with zero attached hydrogens (tertiary/aromatic N) is 1. The number of halogens is 1. The molecule has 0 saturated carbocycles. The first-order chi connectivity index (χ1) is 9.28. The van der Waals surface area contributed by atoms with Crippen molar-refractivity contribution < 1.29 is 9.13 Å². The van der Waals surface area contributed by atoms with Crippen LogP contribution in [-0.4, -0.2) is 37.7 Å². The maximum atomic E-state index is 13.5. The summed E-state index contributed by atoms with van der Waals surface area (Å²) < 4.78 is 19.0. The Balaban J connectivity index is 2.08. The Kier molecular flexibility index (Phi) is 5.34. The van der Waals surface area contributed by atoms with Gasteiger partial charge in [0.05, 0.1) is 13.2 Å². The lowest BCUT2D eigenvalue weighted by atomic mass is 10.1. The minimum Gasteiger partial charge on any atom is -0.380 e. The van der Waals surface area contributed by atoms with Crippen molar-refractivity contribution in [2.45, 2.75) is 13.0 Å². The van der Waals surface area contributed by atoms with Gasteiger partial charge in [0, 0.05) is 31.8 Å². The Morgan fingerprint density at radius 1 is 1.26 bits per heavy atom. The van der Waals surface area contributed by atoms with Crippen molar-refractivity contribution in [3.8, 4) is 11.8 Å². The highest BCUT2D eigenvalue weighted by molar-refractivity contribution is 5.38. The Morgan fingerprint density at radius 2 is 2.16 bits per heavy atom. The molecule has 2 rings (SSSR count). The lowest BCUT2D eigenvalue weighted by Gasteiger charge is -2.19. The van der Waals surface area contributed by atoms with Crippen LogP contribution in [0.2, 0.25) is 0 Å². The maximum absolute atomic E-state index is 13.5. The fourth-order valence-electron chi connectivity index (χ4n) is 2.18. The fourth-order valence-corrected chi connectivity index (χ4v) is 2.18. The molecule has 0 aliphatic carbocycles. The molecule has 4 heteroatoms. The van der Waals surface area contributed by atoms with Crippen LogP contribution in [0.25, 0.3) is 0 Å². The molecule has 1 aliphatic heterocycles. The summed E-state index contributed by atoms with van der Waals surface area (Å²) in [7, 11) is 0. The van der Waals surface area contributed by atoms with Crippen LogP contribution in [0.3, 0.4) is 0 Å². The van der Waals surface area contributed by atoms with Crippen molar-refractivity contribution in [2.24, 2.45) is 5.73 Å². The standard InChI is InChI=1S/C15H19FN2O/c16-15-10-13(3-1-4-17)9-14(11-15)12-18-5-2-7-19-8-6-18/h9-11H,2,4-8,12,17H2. The van der Waals surface area contributed by atoms with Crippen LogP contribution < -0.4 is 5.73 Å². The molecule has 1 heterocycles. The van der Waals surface area contributed by atoms with E-state index in [0.717, 1.165) is 44.8 Å². The van der Waals surface area contributed by atoms with E-state index in [1.807, 2.05) is 6.07 Å². The molecule has 0 amide bonds. The highest BCUT2D eigenvalue weighted by Crippen LogP contribution is 2.12. The second-order valence-electron chi connectivity index (χ2n) is 4.60. The maximum Gasteiger partial charge on any atom is 0.124 e. The van der Waals surface area contributed by atoms with Gasteiger partial charge in [0.2, 0.25) is 0 Å². The third-order valence-electron chi connectivity index (χ3n) is 3.01. The molecule has 1 saturated heterocycles. The molecule has 1 fully saturated rings. The normalized spacial score (nSPS) is 16.5. The number of hydrogen-bond donors (Lipinski definition) is 1. The first kappa shape index (κ1) is 14.0. The van der Waals surface area contributed by atoms with Crippen LogP contribution in [0.5, 0.6) is 0 Å². The highest BCUT2D eigenvalue weighted by atomic mass is 19.1. The van der Waals surface area contributed by atoms with Crippen molar-refractivity contribution in [3.05, 3.63) is 35.1 Å². The van der Waals surface area contributed by atoms with Crippen LogP contribution in [0.1, 0.15) is 17.5 Å². The van der Waals surface area contributed by atoms with Crippen LogP contribution >= 0.6 is 0 Å². The average Bonchev–Trinajstić information content (AvgIpc) is 2.64. The fraction of sp³-hybridized carbons (Fsp3) is 0.467. The molecule has 1 aliphatic rings. The van der Waals surface area contributed by atoms with E-state index in [4.69, 9.17) is 10.5 Å². The lowest BCUT2D eigenvalue weighted by molar-refractivity contribution is 0.140. The van der Waals surface area contributed by atoms with Crippen LogP contribution in [0.4, 0.5) is 4.39 Å². The number of benzene rings is 1. The van der Waals surface area contributed by atoms with Gasteiger partial charge in [-0.15, -0.1) is 0 Å². The summed E-state index contributed by atoms with van der Waals surface area (Å²) in [6, 6.07) is 4.94. The van der Waals surface area contributed by atoms with Gasteiger partial charge < -0.3 is 10.5 Å². The third kappa shape index (κ3) is 4.64. The summed E-state index contributed by atoms with van der Waals surface area (Å²) >= 11 is 0. The number of nitrogens with two attached hydrogens (primary N) is 1. The molecule has 1 aromatic rings. The van der Waals surface area contributed by atoms with Crippen LogP contribution in [0, 0.1) is 17.7 Å². The zero-order valence-electron chi connectivity index (χ0n) is 11.0. The molecule has 0 bridgehead atoms. The van der Waals surface area contributed by atoms with Gasteiger partial charge in [-0.25, -0.2) is 4.39 Å². The predicted molar refractivity (Wildman–Crippen MR) is 73.0 cm³/mol. The summed E-state index contributed by atoms with van der Waals surface area (Å²) in [6.07, 6.45) is 1.02. The van der Waals surface area contributed by atoms with Crippen LogP contribution in [-0.2, 0) is 11.3 Å². The minimum atomic E-state index is -0.245. The molecular formula is C15H19FN2O. The van der Waals surface area contributed by atoms with Gasteiger partial charge in [-0.2, -0.15) is 0 Å². The molecule has 1 aromatic carbocycles. The topological polar surface area (TPSA) is 38.5 Å². The van der Waals surface area contributed by atoms with E-state index in [9.17, 15) is 4.39 Å². The summed E-state index contributed by atoms with van der Waals surface area (Å²) in [4.78, 5) is 2.28. The summed E-state index contributed by atoms with van der Waals surface area (Å²) in [5.74, 6) is 5.38. The molecule has 102 valence electrons. The highest BCUT2D eigenvalue weighted by Gasteiger charge is 2.10. The summed E-state index contributed by atoms with van der Waals surface area (Å²) in [5.41, 5.74) is 6.96. The minimum absolute atomic E-state index is 0.245. The van der Waals surface area contributed by atoms with E-state index < -0.39 is 0 Å². The van der Waals surface area contributed by atoms with Crippen molar-refractivity contribution >= 4 is 0 Å². The van der Waals surface area contributed by atoms with Crippen LogP contribution in [0.15, 0.2) is 18.2 Å². The molecular weight excluding hydrogens is 243 g/mol. The summed E-state index contributed by atoms with van der Waals surface area (Å²) in [5, 5.41) is 0. The zero-order valence-corrected chi connectivity index (χ0v) is 11.0. The molecule has 0 aromatic heterocycles. The number of hydrogen-bond acceptors (Lipinski definition) is 3. The van der Waals surface area contributed by atoms with Gasteiger partial charge >= 0.3 is 0 Å². The molecule has 0 spiro atoms. The first-order valence-corrected chi connectivity index (χ1v) is 6.56. The Hall–Kier alpha value is -1.41. The van der Waals surface area contributed by atoms with Gasteiger partial charge in [0.15, 0.2) is 0 Å². The molecule has 0 atom stereocenters. The first-order valence-electron chi connectivity index (χ1n) is 6.56. The third-order valence-corrected chi connectivity index (χ3v) is 3.01. The van der Waals surface area contributed by atoms with Gasteiger partial charge in [0.25, 0.3) is 0 Å². The lowest BCUT2D eigenvalue weighted by Crippen LogP contribution is -2.25. The second kappa shape index (κ2) is 7.25. The second-order valence-corrected chi connectivity index (χ2v) is 4.60. The molecule has 19 heavy (non-hydrogen) atoms. The van der Waals surface area contributed by atoms with Gasteiger partial charge in [0.1, 0.15) is 5.82 Å². The SMILES string of the molecule is NCC#Cc1cc(F)cc(CN2CCCOCC2)c1. The van der Waals surface area contributed by atoms with Gasteiger partial charge in [-0.1, -0.05) is 11.8 Å². The monoisotopic (exact) mass is 262 g/mol. The van der Waals surface area contributed by atoms with Crippen molar-refractivity contribution in [3.63, 3.8) is 0 Å². The van der Waals surface area contributed by atoms with Crippen molar-refractivity contribution in [1.29, 1.82) is 0 Å². The largest absolute Gasteiger partial charge is 0.380 e. The van der Waals surface area contributed by atoms with Gasteiger partial charge in [-0.3, -0.25) is 4.90 Å². The quantitative estimate of drug-likeness (QED) is 0.818. The Labute approximate surface area is 113 Å². The van der Waals surface area contributed by atoms with E-state index in [1.54, 1.807) is 6.07 Å².